The lowest BCUT2D eigenvalue weighted by atomic mass is 10.00. The van der Waals surface area contributed by atoms with Crippen molar-refractivity contribution in [3.8, 4) is 0 Å². The first-order chi connectivity index (χ1) is 9.99. The Morgan fingerprint density at radius 1 is 1.05 bits per heavy atom. The van der Waals surface area contributed by atoms with Crippen molar-refractivity contribution in [1.82, 2.24) is 15.0 Å². The molecule has 0 amide bonds. The maximum atomic E-state index is 14.1. The predicted octanol–water partition coefficient (Wildman–Crippen LogP) is 5.45. The summed E-state index contributed by atoms with van der Waals surface area (Å²) in [6.45, 7) is 4.84. The van der Waals surface area contributed by atoms with Gasteiger partial charge < -0.3 is 0 Å². The van der Waals surface area contributed by atoms with Gasteiger partial charge in [-0.2, -0.15) is 15.0 Å². The Kier molecular flexibility index (Phi) is 5.71. The van der Waals surface area contributed by atoms with E-state index in [4.69, 9.17) is 0 Å². The van der Waals surface area contributed by atoms with Crippen molar-refractivity contribution < 1.29 is 8.78 Å². The number of hydrogen-bond acceptors (Lipinski definition) is 2. The Morgan fingerprint density at radius 2 is 1.57 bits per heavy atom. The van der Waals surface area contributed by atoms with Gasteiger partial charge in [-0.05, 0) is 44.2 Å². The summed E-state index contributed by atoms with van der Waals surface area (Å²) in [6, 6.07) is 0. The van der Waals surface area contributed by atoms with E-state index in [1.165, 1.54) is 4.80 Å². The van der Waals surface area contributed by atoms with E-state index in [9.17, 15) is 8.78 Å². The van der Waals surface area contributed by atoms with Crippen LogP contribution in [0.4, 0.5) is 8.78 Å². The lowest BCUT2D eigenvalue weighted by Crippen LogP contribution is -2.12. The predicted molar refractivity (Wildman–Crippen MR) is 86.2 cm³/mol. The summed E-state index contributed by atoms with van der Waals surface area (Å²) < 4.78 is 28.3. The molecule has 116 valence electrons. The van der Waals surface area contributed by atoms with Crippen LogP contribution in [0.1, 0.15) is 39.5 Å². The van der Waals surface area contributed by atoms with Crippen LogP contribution in [0.5, 0.6) is 0 Å². The van der Waals surface area contributed by atoms with Crippen LogP contribution >= 0.6 is 31.9 Å². The van der Waals surface area contributed by atoms with E-state index in [0.29, 0.717) is 12.5 Å². The molecule has 1 unspecified atom stereocenters. The molecule has 1 aromatic heterocycles. The molecule has 0 fully saturated rings. The second kappa shape index (κ2) is 7.13. The normalized spacial score (nSPS) is 13.0. The summed E-state index contributed by atoms with van der Waals surface area (Å²) >= 11 is 6.04. The highest BCUT2D eigenvalue weighted by Gasteiger charge is 2.21. The molecule has 1 atom stereocenters. The second-order valence-corrected chi connectivity index (χ2v) is 6.71. The van der Waals surface area contributed by atoms with Crippen molar-refractivity contribution in [1.29, 1.82) is 0 Å². The van der Waals surface area contributed by atoms with E-state index in [1.54, 1.807) is 0 Å². The van der Waals surface area contributed by atoms with Crippen molar-refractivity contribution in [2.24, 2.45) is 5.92 Å². The SMILES string of the molecule is CCCCC(CC)Cn1nc2c(F)c(Br)c(Br)c(F)c2n1. The fourth-order valence-electron chi connectivity index (χ4n) is 2.27. The minimum atomic E-state index is -0.592. The molecule has 1 aromatic carbocycles. The summed E-state index contributed by atoms with van der Waals surface area (Å²) in [7, 11) is 0. The number of nitrogens with zero attached hydrogens (tertiary/aromatic N) is 3. The van der Waals surface area contributed by atoms with Crippen LogP contribution in [0.3, 0.4) is 0 Å². The van der Waals surface area contributed by atoms with Crippen molar-refractivity contribution in [2.45, 2.75) is 46.1 Å². The Bertz CT molecular complexity index is 598. The van der Waals surface area contributed by atoms with E-state index >= 15 is 0 Å². The lowest BCUT2D eigenvalue weighted by Gasteiger charge is -2.12. The van der Waals surface area contributed by atoms with Crippen LogP contribution in [0.2, 0.25) is 0 Å². The van der Waals surface area contributed by atoms with Crippen LogP contribution < -0.4 is 0 Å². The van der Waals surface area contributed by atoms with Gasteiger partial charge in [0, 0.05) is 0 Å². The number of halogens is 4. The van der Waals surface area contributed by atoms with Crippen molar-refractivity contribution in [3.05, 3.63) is 20.6 Å². The number of rotatable bonds is 6. The Morgan fingerprint density at radius 3 is 2.00 bits per heavy atom. The molecular weight excluding hydrogens is 408 g/mol. The van der Waals surface area contributed by atoms with Crippen molar-refractivity contribution in [3.63, 3.8) is 0 Å². The lowest BCUT2D eigenvalue weighted by molar-refractivity contribution is 0.350. The molecule has 7 heteroatoms. The molecule has 0 saturated carbocycles. The molecule has 0 bridgehead atoms. The van der Waals surface area contributed by atoms with Gasteiger partial charge in [0.2, 0.25) is 0 Å². The van der Waals surface area contributed by atoms with Gasteiger partial charge in [-0.3, -0.25) is 0 Å². The summed E-state index contributed by atoms with van der Waals surface area (Å²) in [5.74, 6) is -0.762. The summed E-state index contributed by atoms with van der Waals surface area (Å²) in [6.07, 6.45) is 4.34. The highest BCUT2D eigenvalue weighted by atomic mass is 79.9. The maximum absolute atomic E-state index is 14.1. The van der Waals surface area contributed by atoms with Gasteiger partial charge in [-0.25, -0.2) is 8.78 Å². The summed E-state index contributed by atoms with van der Waals surface area (Å²) in [5, 5.41) is 8.22. The van der Waals surface area contributed by atoms with Crippen LogP contribution in [0.15, 0.2) is 8.95 Å². The topological polar surface area (TPSA) is 30.7 Å². The van der Waals surface area contributed by atoms with E-state index in [0.717, 1.165) is 25.7 Å². The van der Waals surface area contributed by atoms with Gasteiger partial charge >= 0.3 is 0 Å². The number of hydrogen-bond donors (Lipinski definition) is 0. The third-order valence-corrected chi connectivity index (χ3v) is 5.64. The molecule has 0 radical (unpaired) electrons. The molecule has 0 spiro atoms. The summed E-state index contributed by atoms with van der Waals surface area (Å²) in [5.41, 5.74) is -0.0687. The van der Waals surface area contributed by atoms with Crippen LogP contribution in [0, 0.1) is 17.6 Å². The molecule has 21 heavy (non-hydrogen) atoms. The first kappa shape index (κ1) is 16.8. The average molecular weight is 425 g/mol. The minimum absolute atomic E-state index is 0.0343. The molecule has 1 heterocycles. The largest absolute Gasteiger partial charge is 0.203 e. The third-order valence-electron chi connectivity index (χ3n) is 3.61. The number of benzene rings is 1. The van der Waals surface area contributed by atoms with Crippen molar-refractivity contribution in [2.75, 3.05) is 0 Å². The van der Waals surface area contributed by atoms with E-state index in [1.807, 2.05) is 0 Å². The maximum Gasteiger partial charge on any atom is 0.168 e. The summed E-state index contributed by atoms with van der Waals surface area (Å²) in [4.78, 5) is 1.42. The Balaban J connectivity index is 2.35. The third kappa shape index (κ3) is 3.44. The average Bonchev–Trinajstić information content (AvgIpc) is 2.91. The fraction of sp³-hybridized carbons (Fsp3) is 0.571. The van der Waals surface area contributed by atoms with Gasteiger partial charge in [0.15, 0.2) is 22.7 Å². The molecular formula is C14H17Br2F2N3. The van der Waals surface area contributed by atoms with Gasteiger partial charge in [-0.15, -0.1) is 0 Å². The Hall–Kier alpha value is -0.560. The second-order valence-electron chi connectivity index (χ2n) is 5.12. The van der Waals surface area contributed by atoms with Crippen LogP contribution in [-0.2, 0) is 6.54 Å². The van der Waals surface area contributed by atoms with Crippen LogP contribution in [0.25, 0.3) is 11.0 Å². The quantitative estimate of drug-likeness (QED) is 0.455. The molecule has 2 aromatic rings. The fourth-order valence-corrected chi connectivity index (χ4v) is 3.00. The first-order valence-corrected chi connectivity index (χ1v) is 8.64. The van der Waals surface area contributed by atoms with Gasteiger partial charge in [0.1, 0.15) is 0 Å². The zero-order valence-electron chi connectivity index (χ0n) is 12.0. The molecule has 0 aliphatic carbocycles. The highest BCUT2D eigenvalue weighted by Crippen LogP contribution is 2.34. The Labute approximate surface area is 139 Å². The molecule has 0 N–H and O–H groups in total. The van der Waals surface area contributed by atoms with E-state index < -0.39 is 11.6 Å². The monoisotopic (exact) mass is 423 g/mol. The van der Waals surface area contributed by atoms with E-state index in [2.05, 4.69) is 55.9 Å². The number of unbranched alkanes of at least 4 members (excludes halogenated alkanes) is 1. The zero-order chi connectivity index (χ0) is 15.6. The standard InChI is InChI=1S/C14H17Br2F2N3/c1-3-5-6-8(4-2)7-21-19-13-11(17)9(15)10(16)12(18)14(13)20-21/h8H,3-7H2,1-2H3. The molecule has 3 nitrogen and oxygen atoms in total. The highest BCUT2D eigenvalue weighted by molar-refractivity contribution is 9.13. The van der Waals surface area contributed by atoms with Gasteiger partial charge in [0.25, 0.3) is 0 Å². The molecule has 0 aliphatic rings. The van der Waals surface area contributed by atoms with Crippen LogP contribution in [-0.4, -0.2) is 15.0 Å². The molecule has 0 aliphatic heterocycles. The molecule has 0 saturated heterocycles. The van der Waals surface area contributed by atoms with E-state index in [-0.39, 0.29) is 20.0 Å². The molecule has 2 rings (SSSR count). The minimum Gasteiger partial charge on any atom is -0.203 e. The number of aromatic nitrogens is 3. The van der Waals surface area contributed by atoms with Crippen molar-refractivity contribution >= 4 is 42.9 Å². The zero-order valence-corrected chi connectivity index (χ0v) is 15.1. The number of fused-ring (bicyclic) bond motifs is 1. The first-order valence-electron chi connectivity index (χ1n) is 7.06. The van der Waals surface area contributed by atoms with Gasteiger partial charge in [0.05, 0.1) is 15.5 Å². The van der Waals surface area contributed by atoms with Gasteiger partial charge in [-0.1, -0.05) is 33.1 Å². The smallest absolute Gasteiger partial charge is 0.168 e.